The fourth-order valence-corrected chi connectivity index (χ4v) is 2.65. The smallest absolute Gasteiger partial charge is 0.239 e. The first-order valence-electron chi connectivity index (χ1n) is 5.95. The van der Waals surface area contributed by atoms with Crippen LogP contribution in [0.25, 0.3) is 0 Å². The first-order chi connectivity index (χ1) is 9.22. The lowest BCUT2D eigenvalue weighted by Gasteiger charge is -2.31. The van der Waals surface area contributed by atoms with E-state index in [2.05, 4.69) is 5.32 Å². The zero-order chi connectivity index (χ0) is 13.7. The molecule has 2 heterocycles. The standard InChI is InChI=1S/C12H15N3O3S/c13-5-9-1-4-19-12(9)14-11(17)7-15-2-3-18-10(6-15)8-16/h1,4,10,16H,2-3,6-8H2,(H,14,17). The second kappa shape index (κ2) is 6.63. The van der Waals surface area contributed by atoms with Gasteiger partial charge in [-0.2, -0.15) is 5.26 Å². The fourth-order valence-electron chi connectivity index (χ4n) is 1.90. The van der Waals surface area contributed by atoms with Crippen LogP contribution in [-0.4, -0.2) is 54.9 Å². The number of ether oxygens (including phenoxy) is 1. The molecule has 1 aliphatic heterocycles. The molecule has 1 unspecified atom stereocenters. The van der Waals surface area contributed by atoms with Gasteiger partial charge < -0.3 is 15.2 Å². The van der Waals surface area contributed by atoms with E-state index < -0.39 is 0 Å². The van der Waals surface area contributed by atoms with Crippen LogP contribution in [0, 0.1) is 11.3 Å². The number of nitrogens with zero attached hydrogens (tertiary/aromatic N) is 2. The number of carbonyl (C=O) groups excluding carboxylic acids is 1. The van der Waals surface area contributed by atoms with Crippen molar-refractivity contribution in [2.75, 3.05) is 38.2 Å². The van der Waals surface area contributed by atoms with Crippen molar-refractivity contribution in [1.29, 1.82) is 5.26 Å². The Morgan fingerprint density at radius 1 is 1.74 bits per heavy atom. The van der Waals surface area contributed by atoms with E-state index in [9.17, 15) is 4.79 Å². The van der Waals surface area contributed by atoms with Gasteiger partial charge in [0.2, 0.25) is 5.91 Å². The van der Waals surface area contributed by atoms with Crippen LogP contribution in [0.5, 0.6) is 0 Å². The molecule has 1 saturated heterocycles. The third kappa shape index (κ3) is 3.75. The topological polar surface area (TPSA) is 85.6 Å². The molecule has 1 atom stereocenters. The number of hydrogen-bond acceptors (Lipinski definition) is 6. The Morgan fingerprint density at radius 2 is 2.58 bits per heavy atom. The first kappa shape index (κ1) is 14.0. The summed E-state index contributed by atoms with van der Waals surface area (Å²) in [6.07, 6.45) is -0.224. The van der Waals surface area contributed by atoms with Gasteiger partial charge in [0, 0.05) is 13.1 Å². The Hall–Kier alpha value is -1.46. The van der Waals surface area contributed by atoms with Crippen molar-refractivity contribution in [2.45, 2.75) is 6.10 Å². The minimum absolute atomic E-state index is 0.0401. The maximum atomic E-state index is 11.9. The van der Waals surface area contributed by atoms with Gasteiger partial charge in [-0.1, -0.05) is 0 Å². The van der Waals surface area contributed by atoms with Crippen molar-refractivity contribution in [3.05, 3.63) is 17.0 Å². The lowest BCUT2D eigenvalue weighted by molar-refractivity contribution is -0.120. The molecule has 2 rings (SSSR count). The summed E-state index contributed by atoms with van der Waals surface area (Å²) in [4.78, 5) is 13.8. The van der Waals surface area contributed by atoms with Crippen LogP contribution in [-0.2, 0) is 9.53 Å². The van der Waals surface area contributed by atoms with Gasteiger partial charge >= 0.3 is 0 Å². The highest BCUT2D eigenvalue weighted by atomic mass is 32.1. The minimum Gasteiger partial charge on any atom is -0.394 e. The Morgan fingerprint density at radius 3 is 3.32 bits per heavy atom. The Bertz CT molecular complexity index is 483. The number of aliphatic hydroxyl groups excluding tert-OH is 1. The summed E-state index contributed by atoms with van der Waals surface area (Å²) >= 11 is 1.33. The number of anilines is 1. The maximum absolute atomic E-state index is 11.9. The van der Waals surface area contributed by atoms with Crippen LogP contribution < -0.4 is 5.32 Å². The molecule has 19 heavy (non-hydrogen) atoms. The average Bonchev–Trinajstić information content (AvgIpc) is 2.86. The molecule has 0 bridgehead atoms. The molecule has 1 aliphatic rings. The maximum Gasteiger partial charge on any atom is 0.239 e. The van der Waals surface area contributed by atoms with Crippen molar-refractivity contribution in [2.24, 2.45) is 0 Å². The second-order valence-corrected chi connectivity index (χ2v) is 5.15. The van der Waals surface area contributed by atoms with Crippen molar-refractivity contribution in [1.82, 2.24) is 4.90 Å². The van der Waals surface area contributed by atoms with Crippen LogP contribution in [0.3, 0.4) is 0 Å². The molecule has 1 amide bonds. The van der Waals surface area contributed by atoms with Crippen LogP contribution >= 0.6 is 11.3 Å². The molecule has 1 fully saturated rings. The zero-order valence-electron chi connectivity index (χ0n) is 10.3. The van der Waals surface area contributed by atoms with Gasteiger partial charge in [-0.15, -0.1) is 11.3 Å². The minimum atomic E-state index is -0.224. The van der Waals surface area contributed by atoms with Crippen LogP contribution in [0.15, 0.2) is 11.4 Å². The molecule has 1 aromatic heterocycles. The van der Waals surface area contributed by atoms with E-state index in [1.165, 1.54) is 11.3 Å². The van der Waals surface area contributed by atoms with E-state index in [-0.39, 0.29) is 25.2 Å². The monoisotopic (exact) mass is 281 g/mol. The SMILES string of the molecule is N#Cc1ccsc1NC(=O)CN1CCOC(CO)C1. The normalized spacial score (nSPS) is 19.9. The summed E-state index contributed by atoms with van der Waals surface area (Å²) in [7, 11) is 0. The van der Waals surface area contributed by atoms with Crippen molar-refractivity contribution in [3.8, 4) is 6.07 Å². The van der Waals surface area contributed by atoms with Gasteiger partial charge in [-0.25, -0.2) is 0 Å². The second-order valence-electron chi connectivity index (χ2n) is 4.23. The highest BCUT2D eigenvalue weighted by Crippen LogP contribution is 2.22. The molecule has 2 N–H and O–H groups in total. The van der Waals surface area contributed by atoms with E-state index in [1.807, 2.05) is 11.0 Å². The highest BCUT2D eigenvalue weighted by Gasteiger charge is 2.21. The third-order valence-electron chi connectivity index (χ3n) is 2.83. The molecule has 7 heteroatoms. The lowest BCUT2D eigenvalue weighted by atomic mass is 10.3. The molecule has 1 aromatic rings. The van der Waals surface area contributed by atoms with Crippen molar-refractivity contribution < 1.29 is 14.6 Å². The Kier molecular flexibility index (Phi) is 4.87. The number of nitrogens with one attached hydrogen (secondary N) is 1. The largest absolute Gasteiger partial charge is 0.394 e. The number of carbonyl (C=O) groups is 1. The predicted octanol–water partition coefficient (Wildman–Crippen LogP) is 0.251. The molecular weight excluding hydrogens is 266 g/mol. The Balaban J connectivity index is 1.86. The number of thiophene rings is 1. The van der Waals surface area contributed by atoms with E-state index in [0.717, 1.165) is 0 Å². The van der Waals surface area contributed by atoms with Crippen molar-refractivity contribution in [3.63, 3.8) is 0 Å². The van der Waals surface area contributed by atoms with E-state index in [1.54, 1.807) is 11.4 Å². The number of amides is 1. The van der Waals surface area contributed by atoms with Gasteiger partial charge in [-0.05, 0) is 11.4 Å². The number of aliphatic hydroxyl groups is 1. The van der Waals surface area contributed by atoms with Crippen LogP contribution in [0.4, 0.5) is 5.00 Å². The summed E-state index contributed by atoms with van der Waals surface area (Å²) in [5.74, 6) is -0.155. The zero-order valence-corrected chi connectivity index (χ0v) is 11.2. The van der Waals surface area contributed by atoms with E-state index in [4.69, 9.17) is 15.1 Å². The number of morpholine rings is 1. The highest BCUT2D eigenvalue weighted by molar-refractivity contribution is 7.14. The molecule has 0 aromatic carbocycles. The van der Waals surface area contributed by atoms with E-state index in [0.29, 0.717) is 30.3 Å². The summed E-state index contributed by atoms with van der Waals surface area (Å²) in [5, 5.41) is 23.0. The quantitative estimate of drug-likeness (QED) is 0.826. The van der Waals surface area contributed by atoms with E-state index >= 15 is 0 Å². The van der Waals surface area contributed by atoms with Gasteiger partial charge in [0.15, 0.2) is 0 Å². The van der Waals surface area contributed by atoms with Gasteiger partial charge in [-0.3, -0.25) is 9.69 Å². The summed E-state index contributed by atoms with van der Waals surface area (Å²) in [6.45, 7) is 1.92. The van der Waals surface area contributed by atoms with Crippen LogP contribution in [0.2, 0.25) is 0 Å². The average molecular weight is 281 g/mol. The molecule has 0 spiro atoms. The molecular formula is C12H15N3O3S. The summed E-state index contributed by atoms with van der Waals surface area (Å²) < 4.78 is 5.32. The van der Waals surface area contributed by atoms with Gasteiger partial charge in [0.05, 0.1) is 31.4 Å². The first-order valence-corrected chi connectivity index (χ1v) is 6.83. The van der Waals surface area contributed by atoms with Gasteiger partial charge in [0.1, 0.15) is 11.1 Å². The molecule has 0 radical (unpaired) electrons. The van der Waals surface area contributed by atoms with Crippen LogP contribution in [0.1, 0.15) is 5.56 Å². The molecule has 0 aliphatic carbocycles. The molecule has 6 nitrogen and oxygen atoms in total. The Labute approximate surface area is 115 Å². The molecule has 102 valence electrons. The number of nitriles is 1. The third-order valence-corrected chi connectivity index (χ3v) is 3.66. The summed E-state index contributed by atoms with van der Waals surface area (Å²) in [5.41, 5.74) is 0.480. The fraction of sp³-hybridized carbons (Fsp3) is 0.500. The molecule has 0 saturated carbocycles. The number of hydrogen-bond donors (Lipinski definition) is 2. The van der Waals surface area contributed by atoms with Gasteiger partial charge in [0.25, 0.3) is 0 Å². The number of rotatable bonds is 4. The van der Waals surface area contributed by atoms with Crippen molar-refractivity contribution >= 4 is 22.2 Å². The lowest BCUT2D eigenvalue weighted by Crippen LogP contribution is -2.46. The predicted molar refractivity (Wildman–Crippen MR) is 70.9 cm³/mol. The summed E-state index contributed by atoms with van der Waals surface area (Å²) in [6, 6.07) is 3.71.